The van der Waals surface area contributed by atoms with Crippen molar-refractivity contribution in [2.24, 2.45) is 5.73 Å². The SMILES string of the molecule is COc1cncc(-c2ccc3c(=O)[nH]nc(CN)c3c2)c1. The zero-order valence-electron chi connectivity index (χ0n) is 11.5. The van der Waals surface area contributed by atoms with Gasteiger partial charge in [-0.05, 0) is 23.8 Å². The maximum absolute atomic E-state index is 11.8. The summed E-state index contributed by atoms with van der Waals surface area (Å²) in [5, 5.41) is 7.77. The molecule has 0 unspecified atom stereocenters. The van der Waals surface area contributed by atoms with Gasteiger partial charge in [0.2, 0.25) is 0 Å². The molecule has 0 aliphatic rings. The molecule has 1 aromatic carbocycles. The molecule has 0 aliphatic carbocycles. The van der Waals surface area contributed by atoms with E-state index in [1.54, 1.807) is 25.6 Å². The second-order valence-electron chi connectivity index (χ2n) is 4.58. The first kappa shape index (κ1) is 13.3. The molecule has 2 aromatic heterocycles. The van der Waals surface area contributed by atoms with Crippen molar-refractivity contribution in [3.8, 4) is 16.9 Å². The lowest BCUT2D eigenvalue weighted by atomic mass is 10.0. The minimum absolute atomic E-state index is 0.225. The Hall–Kier alpha value is -2.73. The maximum atomic E-state index is 11.8. The monoisotopic (exact) mass is 282 g/mol. The van der Waals surface area contributed by atoms with Crippen molar-refractivity contribution in [3.05, 3.63) is 52.7 Å². The number of ether oxygens (including phenoxy) is 1. The highest BCUT2D eigenvalue weighted by Gasteiger charge is 2.08. The van der Waals surface area contributed by atoms with Crippen molar-refractivity contribution in [1.29, 1.82) is 0 Å². The number of nitrogens with one attached hydrogen (secondary N) is 1. The summed E-state index contributed by atoms with van der Waals surface area (Å²) >= 11 is 0. The van der Waals surface area contributed by atoms with E-state index in [2.05, 4.69) is 15.2 Å². The van der Waals surface area contributed by atoms with Crippen LogP contribution in [0.25, 0.3) is 21.9 Å². The third-order valence-electron chi connectivity index (χ3n) is 3.34. The molecule has 3 N–H and O–H groups in total. The number of methoxy groups -OCH3 is 1. The molecular weight excluding hydrogens is 268 g/mol. The van der Waals surface area contributed by atoms with Gasteiger partial charge in [-0.15, -0.1) is 0 Å². The maximum Gasteiger partial charge on any atom is 0.272 e. The van der Waals surface area contributed by atoms with Crippen molar-refractivity contribution in [2.45, 2.75) is 6.54 Å². The summed E-state index contributed by atoms with van der Waals surface area (Å²) in [4.78, 5) is 15.9. The second kappa shape index (κ2) is 5.34. The number of H-pyrrole nitrogens is 1. The summed E-state index contributed by atoms with van der Waals surface area (Å²) in [6.07, 6.45) is 3.38. The molecule has 0 aliphatic heterocycles. The van der Waals surface area contributed by atoms with Gasteiger partial charge in [0.1, 0.15) is 5.75 Å². The quantitative estimate of drug-likeness (QED) is 0.758. The molecule has 0 fully saturated rings. The number of fused-ring (bicyclic) bond motifs is 1. The Kier molecular flexibility index (Phi) is 3.37. The van der Waals surface area contributed by atoms with Gasteiger partial charge in [0.25, 0.3) is 5.56 Å². The van der Waals surface area contributed by atoms with Crippen LogP contribution in [-0.4, -0.2) is 22.3 Å². The fourth-order valence-corrected chi connectivity index (χ4v) is 2.24. The largest absolute Gasteiger partial charge is 0.495 e. The summed E-state index contributed by atoms with van der Waals surface area (Å²) in [7, 11) is 1.59. The molecule has 6 heteroatoms. The van der Waals surface area contributed by atoms with Crippen LogP contribution in [0.3, 0.4) is 0 Å². The molecule has 106 valence electrons. The Labute approximate surface area is 120 Å². The van der Waals surface area contributed by atoms with E-state index in [0.29, 0.717) is 16.8 Å². The molecule has 21 heavy (non-hydrogen) atoms. The normalized spacial score (nSPS) is 10.8. The summed E-state index contributed by atoms with van der Waals surface area (Å²) in [6, 6.07) is 7.42. The van der Waals surface area contributed by atoms with Gasteiger partial charge in [-0.3, -0.25) is 9.78 Å². The zero-order chi connectivity index (χ0) is 14.8. The molecule has 3 rings (SSSR count). The molecule has 2 heterocycles. The van der Waals surface area contributed by atoms with E-state index in [-0.39, 0.29) is 12.1 Å². The van der Waals surface area contributed by atoms with Gasteiger partial charge in [0, 0.05) is 23.7 Å². The lowest BCUT2D eigenvalue weighted by molar-refractivity contribution is 0.413. The van der Waals surface area contributed by atoms with E-state index >= 15 is 0 Å². The highest BCUT2D eigenvalue weighted by Crippen LogP contribution is 2.26. The molecule has 0 radical (unpaired) electrons. The first-order valence-electron chi connectivity index (χ1n) is 6.43. The number of aromatic amines is 1. The predicted octanol–water partition coefficient (Wildman–Crippen LogP) is 1.45. The fraction of sp³-hybridized carbons (Fsp3) is 0.133. The molecule has 0 saturated heterocycles. The van der Waals surface area contributed by atoms with E-state index in [9.17, 15) is 4.79 Å². The number of hydrogen-bond acceptors (Lipinski definition) is 5. The number of rotatable bonds is 3. The van der Waals surface area contributed by atoms with Crippen LogP contribution in [-0.2, 0) is 6.54 Å². The third kappa shape index (κ3) is 2.36. The second-order valence-corrected chi connectivity index (χ2v) is 4.58. The molecule has 0 amide bonds. The first-order valence-corrected chi connectivity index (χ1v) is 6.43. The van der Waals surface area contributed by atoms with Crippen LogP contribution in [0, 0.1) is 0 Å². The third-order valence-corrected chi connectivity index (χ3v) is 3.34. The van der Waals surface area contributed by atoms with E-state index in [1.165, 1.54) is 0 Å². The topological polar surface area (TPSA) is 93.9 Å². The molecule has 0 saturated carbocycles. The molecular formula is C15H14N4O2. The van der Waals surface area contributed by atoms with Gasteiger partial charge in [0.05, 0.1) is 24.4 Å². The lowest BCUT2D eigenvalue weighted by Crippen LogP contribution is -2.13. The Bertz CT molecular complexity index is 858. The number of nitrogens with zero attached hydrogens (tertiary/aromatic N) is 2. The average molecular weight is 282 g/mol. The van der Waals surface area contributed by atoms with Gasteiger partial charge in [-0.25, -0.2) is 5.10 Å². The summed E-state index contributed by atoms with van der Waals surface area (Å²) in [6.45, 7) is 0.257. The number of aromatic nitrogens is 3. The minimum Gasteiger partial charge on any atom is -0.495 e. The first-order chi connectivity index (χ1) is 10.2. The summed E-state index contributed by atoms with van der Waals surface area (Å²) in [5.74, 6) is 0.677. The van der Waals surface area contributed by atoms with Crippen molar-refractivity contribution in [1.82, 2.24) is 15.2 Å². The van der Waals surface area contributed by atoms with Crippen molar-refractivity contribution < 1.29 is 4.74 Å². The van der Waals surface area contributed by atoms with E-state index < -0.39 is 0 Å². The molecule has 0 bridgehead atoms. The number of hydrogen-bond donors (Lipinski definition) is 2. The number of pyridine rings is 1. The van der Waals surface area contributed by atoms with Crippen LogP contribution in [0.5, 0.6) is 5.75 Å². The Balaban J connectivity index is 2.22. The van der Waals surface area contributed by atoms with Crippen LogP contribution >= 0.6 is 0 Å². The minimum atomic E-state index is -0.225. The van der Waals surface area contributed by atoms with Crippen LogP contribution in [0.15, 0.2) is 41.5 Å². The highest BCUT2D eigenvalue weighted by molar-refractivity contribution is 5.88. The molecule has 3 aromatic rings. The van der Waals surface area contributed by atoms with E-state index in [1.807, 2.05) is 18.2 Å². The van der Waals surface area contributed by atoms with Crippen molar-refractivity contribution >= 4 is 10.8 Å². The van der Waals surface area contributed by atoms with Gasteiger partial charge in [-0.2, -0.15) is 5.10 Å². The van der Waals surface area contributed by atoms with Crippen LogP contribution in [0.4, 0.5) is 0 Å². The van der Waals surface area contributed by atoms with Crippen LogP contribution in [0.1, 0.15) is 5.69 Å². The molecule has 0 atom stereocenters. The van der Waals surface area contributed by atoms with E-state index in [0.717, 1.165) is 16.5 Å². The summed E-state index contributed by atoms with van der Waals surface area (Å²) < 4.78 is 5.18. The average Bonchev–Trinajstić information content (AvgIpc) is 2.55. The van der Waals surface area contributed by atoms with Crippen molar-refractivity contribution in [3.63, 3.8) is 0 Å². The van der Waals surface area contributed by atoms with Gasteiger partial charge < -0.3 is 10.5 Å². The Morgan fingerprint density at radius 1 is 1.19 bits per heavy atom. The number of nitrogens with two attached hydrogens (primary N) is 1. The van der Waals surface area contributed by atoms with Crippen LogP contribution in [0.2, 0.25) is 0 Å². The lowest BCUT2D eigenvalue weighted by Gasteiger charge is -2.07. The standard InChI is InChI=1S/C15H14N4O2/c1-21-11-4-10(7-17-8-11)9-2-3-12-13(5-9)14(6-16)18-19-15(12)20/h2-5,7-8H,6,16H2,1H3,(H,19,20). The summed E-state index contributed by atoms with van der Waals surface area (Å²) in [5.41, 5.74) is 7.94. The smallest absolute Gasteiger partial charge is 0.272 e. The van der Waals surface area contributed by atoms with Crippen LogP contribution < -0.4 is 16.0 Å². The molecule has 0 spiro atoms. The highest BCUT2D eigenvalue weighted by atomic mass is 16.5. The van der Waals surface area contributed by atoms with Gasteiger partial charge in [0.15, 0.2) is 0 Å². The molecule has 6 nitrogen and oxygen atoms in total. The fourth-order valence-electron chi connectivity index (χ4n) is 2.24. The zero-order valence-corrected chi connectivity index (χ0v) is 11.5. The number of benzene rings is 1. The van der Waals surface area contributed by atoms with Gasteiger partial charge in [-0.1, -0.05) is 6.07 Å². The van der Waals surface area contributed by atoms with E-state index in [4.69, 9.17) is 10.5 Å². The van der Waals surface area contributed by atoms with Gasteiger partial charge >= 0.3 is 0 Å². The Morgan fingerprint density at radius 3 is 2.81 bits per heavy atom. The Morgan fingerprint density at radius 2 is 2.05 bits per heavy atom. The van der Waals surface area contributed by atoms with Crippen molar-refractivity contribution in [2.75, 3.05) is 7.11 Å². The predicted molar refractivity (Wildman–Crippen MR) is 80.0 cm³/mol.